The first-order chi connectivity index (χ1) is 16.1. The Kier molecular flexibility index (Phi) is 5.44. The molecule has 0 spiro atoms. The van der Waals surface area contributed by atoms with Gasteiger partial charge >= 0.3 is 0 Å². The lowest BCUT2D eigenvalue weighted by atomic mass is 9.93. The average molecular weight is 438 g/mol. The Hall–Kier alpha value is -4.26. The second kappa shape index (κ2) is 8.70. The van der Waals surface area contributed by atoms with Crippen LogP contribution in [0.5, 0.6) is 0 Å². The second-order valence-corrected chi connectivity index (χ2v) is 7.90. The summed E-state index contributed by atoms with van der Waals surface area (Å²) in [5.41, 5.74) is 6.88. The average Bonchev–Trinajstić information content (AvgIpc) is 3.20. The fraction of sp³-hybridized carbons (Fsp3) is 0.154. The summed E-state index contributed by atoms with van der Waals surface area (Å²) in [4.78, 5) is 29.9. The molecule has 0 aliphatic heterocycles. The third-order valence-corrected chi connectivity index (χ3v) is 5.75. The Bertz CT molecular complexity index is 1380. The molecule has 33 heavy (non-hydrogen) atoms. The number of rotatable bonds is 4. The molecule has 0 atom stereocenters. The van der Waals surface area contributed by atoms with Crippen LogP contribution in [0.2, 0.25) is 0 Å². The summed E-state index contributed by atoms with van der Waals surface area (Å²) in [5.74, 6) is 0.367. The van der Waals surface area contributed by atoms with E-state index in [0.29, 0.717) is 29.7 Å². The number of carbonyl (C=O) groups is 2. The Morgan fingerprint density at radius 2 is 1.82 bits per heavy atom. The maximum absolute atomic E-state index is 13.1. The predicted molar refractivity (Wildman–Crippen MR) is 127 cm³/mol. The van der Waals surface area contributed by atoms with E-state index in [2.05, 4.69) is 20.8 Å². The zero-order valence-electron chi connectivity index (χ0n) is 18.1. The minimum absolute atomic E-state index is 0.255. The maximum Gasteiger partial charge on any atom is 0.291 e. The van der Waals surface area contributed by atoms with Crippen molar-refractivity contribution in [2.75, 3.05) is 5.32 Å². The molecular weight excluding hydrogens is 416 g/mol. The first-order valence-corrected chi connectivity index (χ1v) is 10.8. The molecule has 2 aromatic carbocycles. The van der Waals surface area contributed by atoms with Crippen molar-refractivity contribution in [2.45, 2.75) is 26.2 Å². The molecule has 0 bridgehead atoms. The second-order valence-electron chi connectivity index (χ2n) is 7.90. The van der Waals surface area contributed by atoms with Crippen molar-refractivity contribution in [2.24, 2.45) is 5.10 Å². The molecule has 0 saturated carbocycles. The molecule has 4 aromatic rings. The van der Waals surface area contributed by atoms with Gasteiger partial charge in [0.1, 0.15) is 5.76 Å². The highest BCUT2D eigenvalue weighted by atomic mass is 16.4. The van der Waals surface area contributed by atoms with Gasteiger partial charge in [0.05, 0.1) is 16.9 Å². The predicted octanol–water partition coefficient (Wildman–Crippen LogP) is 4.86. The first kappa shape index (κ1) is 20.6. The van der Waals surface area contributed by atoms with E-state index in [1.54, 1.807) is 30.5 Å². The number of nitrogens with zero attached hydrogens (tertiary/aromatic N) is 2. The zero-order valence-corrected chi connectivity index (χ0v) is 18.1. The summed E-state index contributed by atoms with van der Waals surface area (Å²) in [5, 5.41) is 8.19. The van der Waals surface area contributed by atoms with Gasteiger partial charge in [-0.25, -0.2) is 5.43 Å². The van der Waals surface area contributed by atoms with Crippen molar-refractivity contribution >= 4 is 34.1 Å². The third kappa shape index (κ3) is 4.01. The van der Waals surface area contributed by atoms with Gasteiger partial charge in [-0.1, -0.05) is 24.3 Å². The van der Waals surface area contributed by atoms with Crippen LogP contribution in [-0.4, -0.2) is 22.5 Å². The van der Waals surface area contributed by atoms with Crippen LogP contribution in [0.3, 0.4) is 0 Å². The zero-order chi connectivity index (χ0) is 22.8. The SMILES string of the molecule is Cc1c(C(=O)Nc2cccc3ncccc23)oc2c1/C(=N/NC(=O)c1ccccc1)CCC2. The van der Waals surface area contributed by atoms with Crippen LogP contribution < -0.4 is 10.7 Å². The number of hydrogen-bond donors (Lipinski definition) is 2. The molecule has 1 aliphatic rings. The summed E-state index contributed by atoms with van der Waals surface area (Å²) in [6, 6.07) is 18.3. The third-order valence-electron chi connectivity index (χ3n) is 5.75. The van der Waals surface area contributed by atoms with Gasteiger partial charge < -0.3 is 9.73 Å². The first-order valence-electron chi connectivity index (χ1n) is 10.8. The number of anilines is 1. The number of benzene rings is 2. The summed E-state index contributed by atoms with van der Waals surface area (Å²) in [6.45, 7) is 1.85. The van der Waals surface area contributed by atoms with Gasteiger partial charge in [-0.15, -0.1) is 0 Å². The lowest BCUT2D eigenvalue weighted by Crippen LogP contribution is -2.22. The van der Waals surface area contributed by atoms with Gasteiger partial charge in [-0.3, -0.25) is 14.6 Å². The van der Waals surface area contributed by atoms with Crippen LogP contribution in [0.4, 0.5) is 5.69 Å². The molecule has 2 heterocycles. The van der Waals surface area contributed by atoms with Crippen molar-refractivity contribution in [3.05, 3.63) is 95.1 Å². The molecule has 2 aromatic heterocycles. The van der Waals surface area contributed by atoms with Crippen LogP contribution in [-0.2, 0) is 6.42 Å². The van der Waals surface area contributed by atoms with E-state index >= 15 is 0 Å². The number of pyridine rings is 1. The normalized spacial score (nSPS) is 14.2. The van der Waals surface area contributed by atoms with Crippen LogP contribution in [0.25, 0.3) is 10.9 Å². The van der Waals surface area contributed by atoms with E-state index in [4.69, 9.17) is 4.42 Å². The molecule has 164 valence electrons. The van der Waals surface area contributed by atoms with Crippen LogP contribution >= 0.6 is 0 Å². The fourth-order valence-corrected chi connectivity index (χ4v) is 4.16. The van der Waals surface area contributed by atoms with E-state index < -0.39 is 0 Å². The van der Waals surface area contributed by atoms with Crippen molar-refractivity contribution in [3.63, 3.8) is 0 Å². The summed E-state index contributed by atoms with van der Waals surface area (Å²) in [6.07, 6.45) is 3.96. The highest BCUT2D eigenvalue weighted by Crippen LogP contribution is 2.31. The molecule has 2 amide bonds. The highest BCUT2D eigenvalue weighted by Gasteiger charge is 2.28. The number of fused-ring (bicyclic) bond motifs is 2. The standard InChI is InChI=1S/C26H22N4O3/c1-16-23-21(29-30-25(31)17-8-3-2-4-9-17)13-6-14-22(23)33-24(16)26(32)28-20-12-5-11-19-18(20)10-7-15-27-19/h2-5,7-12,15H,6,13-14H2,1H3,(H,28,32)(H,30,31)/b29-21+. The van der Waals surface area contributed by atoms with E-state index in [1.807, 2.05) is 43.3 Å². The number of nitrogens with one attached hydrogen (secondary N) is 2. The van der Waals surface area contributed by atoms with Crippen LogP contribution in [0, 0.1) is 6.92 Å². The molecule has 7 heteroatoms. The van der Waals surface area contributed by atoms with E-state index in [1.165, 1.54) is 0 Å². The van der Waals surface area contributed by atoms with Crippen molar-refractivity contribution in [1.29, 1.82) is 0 Å². The van der Waals surface area contributed by atoms with Gasteiger partial charge in [0.15, 0.2) is 5.76 Å². The molecular formula is C26H22N4O3. The molecule has 7 nitrogen and oxygen atoms in total. The number of hydrogen-bond acceptors (Lipinski definition) is 5. The molecule has 0 fully saturated rings. The Balaban J connectivity index is 1.41. The van der Waals surface area contributed by atoms with E-state index in [-0.39, 0.29) is 17.6 Å². The number of hydrazone groups is 1. The van der Waals surface area contributed by atoms with E-state index in [0.717, 1.165) is 34.4 Å². The Labute approximate surface area is 190 Å². The minimum atomic E-state index is -0.328. The number of aromatic nitrogens is 1. The number of furan rings is 1. The quantitative estimate of drug-likeness (QED) is 0.445. The lowest BCUT2D eigenvalue weighted by Gasteiger charge is -2.13. The number of carbonyl (C=O) groups excluding carboxylic acids is 2. The summed E-state index contributed by atoms with van der Waals surface area (Å²) in [7, 11) is 0. The summed E-state index contributed by atoms with van der Waals surface area (Å²) >= 11 is 0. The Morgan fingerprint density at radius 3 is 2.67 bits per heavy atom. The largest absolute Gasteiger partial charge is 0.455 e. The topological polar surface area (TPSA) is 96.6 Å². The van der Waals surface area contributed by atoms with Gasteiger partial charge in [0.25, 0.3) is 11.8 Å². The molecule has 0 saturated heterocycles. The van der Waals surface area contributed by atoms with Gasteiger partial charge in [-0.2, -0.15) is 5.10 Å². The molecule has 2 N–H and O–H groups in total. The molecule has 5 rings (SSSR count). The van der Waals surface area contributed by atoms with Crippen molar-refractivity contribution < 1.29 is 14.0 Å². The fourth-order valence-electron chi connectivity index (χ4n) is 4.16. The smallest absolute Gasteiger partial charge is 0.291 e. The van der Waals surface area contributed by atoms with Gasteiger partial charge in [0, 0.05) is 34.7 Å². The van der Waals surface area contributed by atoms with Crippen LogP contribution in [0.15, 0.2) is 76.4 Å². The van der Waals surface area contributed by atoms with Crippen molar-refractivity contribution in [1.82, 2.24) is 10.4 Å². The number of amides is 2. The Morgan fingerprint density at radius 1 is 0.970 bits per heavy atom. The van der Waals surface area contributed by atoms with E-state index in [9.17, 15) is 9.59 Å². The lowest BCUT2D eigenvalue weighted by molar-refractivity contribution is 0.0953. The number of aryl methyl sites for hydroxylation is 1. The van der Waals surface area contributed by atoms with Gasteiger partial charge in [0.2, 0.25) is 0 Å². The highest BCUT2D eigenvalue weighted by molar-refractivity contribution is 6.11. The monoisotopic (exact) mass is 438 g/mol. The van der Waals surface area contributed by atoms with Gasteiger partial charge in [-0.05, 0) is 56.2 Å². The molecule has 1 aliphatic carbocycles. The minimum Gasteiger partial charge on any atom is -0.455 e. The van der Waals surface area contributed by atoms with Crippen LogP contribution in [0.1, 0.15) is 50.6 Å². The van der Waals surface area contributed by atoms with Crippen molar-refractivity contribution in [3.8, 4) is 0 Å². The summed E-state index contributed by atoms with van der Waals surface area (Å²) < 4.78 is 5.98. The molecule has 0 radical (unpaired) electrons. The maximum atomic E-state index is 13.1. The molecule has 0 unspecified atom stereocenters.